The van der Waals surface area contributed by atoms with Crippen molar-refractivity contribution < 1.29 is 17.6 Å². The van der Waals surface area contributed by atoms with E-state index in [2.05, 4.69) is 20.3 Å². The lowest BCUT2D eigenvalue weighted by Gasteiger charge is -2.20. The van der Waals surface area contributed by atoms with Gasteiger partial charge in [0.1, 0.15) is 29.4 Å². The van der Waals surface area contributed by atoms with Crippen molar-refractivity contribution in [3.8, 4) is 0 Å². The molecule has 0 amide bonds. The van der Waals surface area contributed by atoms with Crippen LogP contribution in [0.1, 0.15) is 36.3 Å². The Labute approximate surface area is 176 Å². The molecule has 3 aromatic rings. The molecule has 0 radical (unpaired) electrons. The number of anilines is 2. The van der Waals surface area contributed by atoms with Gasteiger partial charge in [0.2, 0.25) is 0 Å². The zero-order valence-electron chi connectivity index (χ0n) is 17.0. The number of benzene rings is 1. The third-order valence-electron chi connectivity index (χ3n) is 5.41. The lowest BCUT2D eigenvalue weighted by Crippen LogP contribution is -2.30. The number of alkyl halides is 3. The molecule has 0 saturated carbocycles. The molecule has 6 nitrogen and oxygen atoms in total. The number of aryl methyl sites for hydroxylation is 1. The molecule has 3 atom stereocenters. The van der Waals surface area contributed by atoms with Crippen molar-refractivity contribution in [3.63, 3.8) is 0 Å². The van der Waals surface area contributed by atoms with Crippen LogP contribution in [-0.2, 0) is 0 Å². The summed E-state index contributed by atoms with van der Waals surface area (Å²) in [6.07, 6.45) is -2.49. The Morgan fingerprint density at radius 3 is 2.61 bits per heavy atom. The zero-order valence-corrected chi connectivity index (χ0v) is 17.0. The van der Waals surface area contributed by atoms with Gasteiger partial charge < -0.3 is 16.0 Å². The van der Waals surface area contributed by atoms with E-state index in [4.69, 9.17) is 5.73 Å². The summed E-state index contributed by atoms with van der Waals surface area (Å²) in [5, 5.41) is 3.70. The molecule has 0 aliphatic carbocycles. The smallest absolute Gasteiger partial charge is 0.266 e. The molecule has 1 saturated heterocycles. The molecule has 0 bridgehead atoms. The Hall–Kier alpha value is -3.01. The van der Waals surface area contributed by atoms with Crippen LogP contribution in [-0.4, -0.2) is 40.3 Å². The van der Waals surface area contributed by atoms with E-state index < -0.39 is 36.1 Å². The maximum atomic E-state index is 14.6. The molecule has 4 rings (SSSR count). The lowest BCUT2D eigenvalue weighted by atomic mass is 10.0. The Bertz CT molecular complexity index is 1100. The second-order valence-electron chi connectivity index (χ2n) is 7.68. The summed E-state index contributed by atoms with van der Waals surface area (Å²) in [5.74, 6) is 0.443. The number of aromatic nitrogens is 3. The average molecular weight is 434 g/mol. The summed E-state index contributed by atoms with van der Waals surface area (Å²) >= 11 is 0. The Morgan fingerprint density at radius 2 is 1.94 bits per heavy atom. The molecule has 0 spiro atoms. The molecule has 2 aromatic heterocycles. The first-order valence-electron chi connectivity index (χ1n) is 9.86. The fraction of sp³-hybridized carbons (Fsp3) is 0.381. The minimum absolute atomic E-state index is 0.0993. The van der Waals surface area contributed by atoms with Gasteiger partial charge in [0.25, 0.3) is 6.43 Å². The van der Waals surface area contributed by atoms with Gasteiger partial charge in [0.05, 0.1) is 35.9 Å². The van der Waals surface area contributed by atoms with Gasteiger partial charge >= 0.3 is 0 Å². The van der Waals surface area contributed by atoms with Crippen LogP contribution in [0, 0.1) is 12.7 Å². The number of nitrogens with two attached hydrogens (primary N) is 1. The number of hydrogen-bond acceptors (Lipinski definition) is 6. The highest BCUT2D eigenvalue weighted by Crippen LogP contribution is 2.31. The van der Waals surface area contributed by atoms with Crippen molar-refractivity contribution in [2.75, 3.05) is 23.3 Å². The van der Waals surface area contributed by atoms with E-state index in [1.165, 1.54) is 12.1 Å². The quantitative estimate of drug-likeness (QED) is 0.590. The van der Waals surface area contributed by atoms with E-state index in [0.717, 1.165) is 6.07 Å². The molecule has 1 aliphatic rings. The normalized spacial score (nSPS) is 19.9. The van der Waals surface area contributed by atoms with Crippen LogP contribution in [0.4, 0.5) is 29.2 Å². The van der Waals surface area contributed by atoms with Crippen LogP contribution in [0.25, 0.3) is 10.9 Å². The molecular formula is C21H22F4N6. The highest BCUT2D eigenvalue weighted by molar-refractivity contribution is 5.90. The van der Waals surface area contributed by atoms with Crippen LogP contribution in [0.2, 0.25) is 0 Å². The summed E-state index contributed by atoms with van der Waals surface area (Å²) in [7, 11) is 0. The Morgan fingerprint density at radius 1 is 1.19 bits per heavy atom. The zero-order chi connectivity index (χ0) is 22.3. The van der Waals surface area contributed by atoms with Gasteiger partial charge in [-0.25, -0.2) is 32.5 Å². The van der Waals surface area contributed by atoms with Crippen molar-refractivity contribution in [3.05, 3.63) is 53.2 Å². The maximum absolute atomic E-state index is 14.6. The first-order chi connectivity index (χ1) is 14.7. The largest absolute Gasteiger partial charge is 0.363 e. The summed E-state index contributed by atoms with van der Waals surface area (Å²) in [5.41, 5.74) is 5.78. The minimum Gasteiger partial charge on any atom is -0.363 e. The highest BCUT2D eigenvalue weighted by Gasteiger charge is 2.31. The second-order valence-corrected chi connectivity index (χ2v) is 7.68. The van der Waals surface area contributed by atoms with E-state index in [1.54, 1.807) is 31.0 Å². The summed E-state index contributed by atoms with van der Waals surface area (Å²) in [6.45, 7) is 3.83. The molecule has 3 N–H and O–H groups in total. The predicted molar refractivity (Wildman–Crippen MR) is 111 cm³/mol. The van der Waals surface area contributed by atoms with Gasteiger partial charge in [0.15, 0.2) is 0 Å². The highest BCUT2D eigenvalue weighted by atomic mass is 19.3. The van der Waals surface area contributed by atoms with E-state index in [9.17, 15) is 17.6 Å². The maximum Gasteiger partial charge on any atom is 0.266 e. The number of rotatable bonds is 5. The van der Waals surface area contributed by atoms with Crippen LogP contribution in [0.5, 0.6) is 0 Å². The van der Waals surface area contributed by atoms with Gasteiger partial charge in [0, 0.05) is 17.5 Å². The van der Waals surface area contributed by atoms with Gasteiger partial charge in [-0.15, -0.1) is 0 Å². The number of nitrogens with one attached hydrogen (secondary N) is 1. The standard InChI is InChI=1S/C21H22F4N6/c1-10(12-4-3-5-13(19(12)23)20(24)25)28-21-14-6-18(31-8-15(22)16(26)9-31)27-7-17(14)29-11(2)30-21/h3-7,10,15-16,20H,8-9,26H2,1-2H3,(H,28,29,30)/t10?,15-,16-/m1/s1. The SMILES string of the molecule is Cc1nc(NC(C)c2cccc(C(F)F)c2F)c2cc(N3C[C@@H](N)[C@H](F)C3)ncc2n1. The van der Waals surface area contributed by atoms with E-state index >= 15 is 0 Å². The molecule has 1 aromatic carbocycles. The Kier molecular flexibility index (Phi) is 5.65. The first kappa shape index (κ1) is 21.2. The Balaban J connectivity index is 1.70. The van der Waals surface area contributed by atoms with Crippen molar-refractivity contribution in [1.29, 1.82) is 0 Å². The first-order valence-corrected chi connectivity index (χ1v) is 9.86. The molecule has 31 heavy (non-hydrogen) atoms. The molecule has 164 valence electrons. The topological polar surface area (TPSA) is 80.0 Å². The van der Waals surface area contributed by atoms with Crippen molar-refractivity contribution in [1.82, 2.24) is 15.0 Å². The van der Waals surface area contributed by atoms with Crippen LogP contribution in [0.15, 0.2) is 30.5 Å². The number of halogens is 4. The molecule has 3 heterocycles. The number of hydrogen-bond donors (Lipinski definition) is 2. The van der Waals surface area contributed by atoms with Gasteiger partial charge in [-0.05, 0) is 19.9 Å². The number of fused-ring (bicyclic) bond motifs is 1. The van der Waals surface area contributed by atoms with Gasteiger partial charge in [-0.2, -0.15) is 0 Å². The number of nitrogens with zero attached hydrogens (tertiary/aromatic N) is 4. The predicted octanol–water partition coefficient (Wildman–Crippen LogP) is 4.07. The molecular weight excluding hydrogens is 412 g/mol. The molecule has 1 fully saturated rings. The average Bonchev–Trinajstić information content (AvgIpc) is 3.06. The van der Waals surface area contributed by atoms with Crippen molar-refractivity contribution in [2.24, 2.45) is 5.73 Å². The minimum atomic E-state index is -2.91. The number of pyridine rings is 1. The van der Waals surface area contributed by atoms with Gasteiger partial charge in [-0.3, -0.25) is 0 Å². The fourth-order valence-corrected chi connectivity index (χ4v) is 3.75. The van der Waals surface area contributed by atoms with E-state index in [0.29, 0.717) is 34.9 Å². The molecule has 1 unspecified atom stereocenters. The summed E-state index contributed by atoms with van der Waals surface area (Å²) < 4.78 is 54.6. The van der Waals surface area contributed by atoms with E-state index in [1.807, 2.05) is 0 Å². The van der Waals surface area contributed by atoms with Gasteiger partial charge in [-0.1, -0.05) is 18.2 Å². The summed E-state index contributed by atoms with van der Waals surface area (Å²) in [6, 6.07) is 4.40. The van der Waals surface area contributed by atoms with Crippen molar-refractivity contribution >= 4 is 22.5 Å². The van der Waals surface area contributed by atoms with Crippen molar-refractivity contribution in [2.45, 2.75) is 38.5 Å². The fourth-order valence-electron chi connectivity index (χ4n) is 3.75. The monoisotopic (exact) mass is 434 g/mol. The molecule has 1 aliphatic heterocycles. The third-order valence-corrected chi connectivity index (χ3v) is 5.41. The van der Waals surface area contributed by atoms with Crippen LogP contribution >= 0.6 is 0 Å². The van der Waals surface area contributed by atoms with E-state index in [-0.39, 0.29) is 12.1 Å². The van der Waals surface area contributed by atoms with Crippen LogP contribution < -0.4 is 16.0 Å². The lowest BCUT2D eigenvalue weighted by molar-refractivity contribution is 0.146. The molecule has 10 heteroatoms. The second kappa shape index (κ2) is 8.26. The van der Waals surface area contributed by atoms with Crippen LogP contribution in [0.3, 0.4) is 0 Å². The summed E-state index contributed by atoms with van der Waals surface area (Å²) in [4.78, 5) is 14.9. The third kappa shape index (κ3) is 4.12.